The molecule has 0 atom stereocenters. The molecule has 1 aliphatic carbocycles. The smallest absolute Gasteiger partial charge is 0.412 e. The van der Waals surface area contributed by atoms with Crippen molar-refractivity contribution in [3.63, 3.8) is 0 Å². The highest BCUT2D eigenvalue weighted by atomic mass is 16.6. The van der Waals surface area contributed by atoms with Crippen LogP contribution in [0.2, 0.25) is 0 Å². The van der Waals surface area contributed by atoms with Gasteiger partial charge >= 0.3 is 6.09 Å². The van der Waals surface area contributed by atoms with Crippen LogP contribution in [0.1, 0.15) is 63.9 Å². The van der Waals surface area contributed by atoms with Gasteiger partial charge in [0.05, 0.1) is 0 Å². The van der Waals surface area contributed by atoms with Gasteiger partial charge in [-0.25, -0.2) is 4.79 Å². The lowest BCUT2D eigenvalue weighted by molar-refractivity contribution is 0.141. The summed E-state index contributed by atoms with van der Waals surface area (Å²) >= 11 is 0. The first kappa shape index (κ1) is 16.1. The molecule has 1 saturated heterocycles. The Hall–Kier alpha value is -1.77. The Labute approximate surface area is 139 Å². The summed E-state index contributed by atoms with van der Waals surface area (Å²) in [6.07, 6.45) is 11.0. The van der Waals surface area contributed by atoms with E-state index in [4.69, 9.17) is 4.74 Å². The van der Waals surface area contributed by atoms with Crippen molar-refractivity contribution in [1.82, 2.24) is 4.90 Å². The number of cyclic esters (lactones) is 1. The Bertz CT molecular complexity index is 556. The molecule has 2 fully saturated rings. The topological polar surface area (TPSA) is 29.5 Å². The quantitative estimate of drug-likeness (QED) is 0.747. The molecule has 124 valence electrons. The summed E-state index contributed by atoms with van der Waals surface area (Å²) in [6.45, 7) is 2.98. The van der Waals surface area contributed by atoms with Crippen molar-refractivity contribution in [3.8, 4) is 0 Å². The summed E-state index contributed by atoms with van der Waals surface area (Å²) in [6, 6.07) is 10.2. The summed E-state index contributed by atoms with van der Waals surface area (Å²) in [5, 5.41) is 0. The average molecular weight is 313 g/mol. The van der Waals surface area contributed by atoms with E-state index < -0.39 is 0 Å². The third-order valence-corrected chi connectivity index (χ3v) is 5.16. The molecular weight excluding hydrogens is 286 g/mol. The van der Waals surface area contributed by atoms with E-state index in [2.05, 4.69) is 25.1 Å². The van der Waals surface area contributed by atoms with Crippen LogP contribution in [0.3, 0.4) is 0 Å². The van der Waals surface area contributed by atoms with Gasteiger partial charge in [0.25, 0.3) is 0 Å². The van der Waals surface area contributed by atoms with Crippen LogP contribution in [0.5, 0.6) is 0 Å². The van der Waals surface area contributed by atoms with Gasteiger partial charge in [-0.3, -0.25) is 4.90 Å². The van der Waals surface area contributed by atoms with Gasteiger partial charge in [-0.15, -0.1) is 0 Å². The second kappa shape index (κ2) is 7.20. The van der Waals surface area contributed by atoms with Gasteiger partial charge in [0.15, 0.2) is 0 Å². The molecule has 0 unspecified atom stereocenters. The molecule has 0 aromatic heterocycles. The molecule has 2 aliphatic rings. The van der Waals surface area contributed by atoms with Crippen LogP contribution in [-0.4, -0.2) is 23.1 Å². The van der Waals surface area contributed by atoms with Crippen LogP contribution < -0.4 is 0 Å². The average Bonchev–Trinajstić information content (AvgIpc) is 2.73. The molecule has 0 N–H and O–H groups in total. The molecule has 3 heteroatoms. The molecule has 0 radical (unpaired) electrons. The van der Waals surface area contributed by atoms with Gasteiger partial charge in [-0.2, -0.15) is 0 Å². The zero-order valence-electron chi connectivity index (χ0n) is 14.1. The first-order valence-electron chi connectivity index (χ1n) is 9.03. The standard InChI is InChI=1S/C20H27NO2/c1-2-3-15-21-19(22)23-18(16-17-11-7-6-8-12-17)20(21)13-9-4-5-10-14-20/h6-8,11-12,16H,2-5,9-10,13-15H2,1H3/b18-16-. The minimum absolute atomic E-state index is 0.150. The Balaban J connectivity index is 1.96. The number of amides is 1. The molecule has 1 saturated carbocycles. The lowest BCUT2D eigenvalue weighted by Crippen LogP contribution is -2.46. The zero-order valence-corrected chi connectivity index (χ0v) is 14.1. The van der Waals surface area contributed by atoms with Crippen molar-refractivity contribution in [1.29, 1.82) is 0 Å². The van der Waals surface area contributed by atoms with E-state index in [0.29, 0.717) is 0 Å². The molecule has 1 aromatic rings. The van der Waals surface area contributed by atoms with Crippen LogP contribution in [-0.2, 0) is 4.74 Å². The van der Waals surface area contributed by atoms with Gasteiger partial charge in [0, 0.05) is 6.54 Å². The summed E-state index contributed by atoms with van der Waals surface area (Å²) in [4.78, 5) is 14.6. The van der Waals surface area contributed by atoms with Crippen molar-refractivity contribution in [2.24, 2.45) is 0 Å². The molecule has 1 spiro atoms. The number of unbranched alkanes of at least 4 members (excludes halogenated alkanes) is 1. The molecule has 1 aromatic carbocycles. The van der Waals surface area contributed by atoms with Crippen LogP contribution in [0.15, 0.2) is 36.1 Å². The monoisotopic (exact) mass is 313 g/mol. The molecule has 3 nitrogen and oxygen atoms in total. The molecular formula is C20H27NO2. The van der Waals surface area contributed by atoms with Crippen molar-refractivity contribution in [3.05, 3.63) is 41.7 Å². The van der Waals surface area contributed by atoms with E-state index in [0.717, 1.165) is 43.6 Å². The van der Waals surface area contributed by atoms with Gasteiger partial charge in [-0.05, 0) is 30.9 Å². The Kier molecular flexibility index (Phi) is 5.04. The zero-order chi connectivity index (χ0) is 16.1. The van der Waals surface area contributed by atoms with Crippen LogP contribution in [0.25, 0.3) is 6.08 Å². The van der Waals surface area contributed by atoms with E-state index in [1.165, 1.54) is 25.7 Å². The number of benzene rings is 1. The Morgan fingerprint density at radius 3 is 2.48 bits per heavy atom. The van der Waals surface area contributed by atoms with Crippen molar-refractivity contribution < 1.29 is 9.53 Å². The maximum atomic E-state index is 12.5. The van der Waals surface area contributed by atoms with E-state index >= 15 is 0 Å². The summed E-state index contributed by atoms with van der Waals surface area (Å²) in [5.74, 6) is 0.867. The maximum absolute atomic E-state index is 12.5. The van der Waals surface area contributed by atoms with Gasteiger partial charge < -0.3 is 4.74 Å². The maximum Gasteiger partial charge on any atom is 0.415 e. The van der Waals surface area contributed by atoms with Crippen molar-refractivity contribution in [2.45, 2.75) is 63.8 Å². The van der Waals surface area contributed by atoms with Crippen LogP contribution in [0.4, 0.5) is 4.79 Å². The number of nitrogens with zero attached hydrogens (tertiary/aromatic N) is 1. The first-order chi connectivity index (χ1) is 11.3. The molecule has 1 heterocycles. The Morgan fingerprint density at radius 1 is 1.13 bits per heavy atom. The summed E-state index contributed by atoms with van der Waals surface area (Å²) < 4.78 is 5.77. The number of carbonyl (C=O) groups excluding carboxylic acids is 1. The second-order valence-electron chi connectivity index (χ2n) is 6.74. The fourth-order valence-corrected chi connectivity index (χ4v) is 3.87. The fraction of sp³-hybridized carbons (Fsp3) is 0.550. The van der Waals surface area contributed by atoms with E-state index in [9.17, 15) is 4.79 Å². The number of carbonyl (C=O) groups is 1. The van der Waals surface area contributed by atoms with Crippen molar-refractivity contribution >= 4 is 12.2 Å². The van der Waals surface area contributed by atoms with Gasteiger partial charge in [0.2, 0.25) is 0 Å². The van der Waals surface area contributed by atoms with Crippen LogP contribution in [0, 0.1) is 0 Å². The molecule has 3 rings (SSSR count). The van der Waals surface area contributed by atoms with E-state index in [-0.39, 0.29) is 11.6 Å². The number of hydrogen-bond acceptors (Lipinski definition) is 2. The lowest BCUT2D eigenvalue weighted by Gasteiger charge is -2.35. The molecule has 23 heavy (non-hydrogen) atoms. The Morgan fingerprint density at radius 2 is 1.83 bits per heavy atom. The highest BCUT2D eigenvalue weighted by Crippen LogP contribution is 2.44. The predicted molar refractivity (Wildman–Crippen MR) is 92.9 cm³/mol. The van der Waals surface area contributed by atoms with Gasteiger partial charge in [0.1, 0.15) is 11.3 Å². The molecule has 1 amide bonds. The minimum atomic E-state index is -0.210. The normalized spacial score (nSPS) is 22.4. The van der Waals surface area contributed by atoms with E-state index in [1.54, 1.807) is 0 Å². The minimum Gasteiger partial charge on any atom is -0.412 e. The van der Waals surface area contributed by atoms with E-state index in [1.807, 2.05) is 23.1 Å². The number of ether oxygens (including phenoxy) is 1. The largest absolute Gasteiger partial charge is 0.415 e. The SMILES string of the molecule is CCCCN1C(=O)O/C(=C\c2ccccc2)C12CCCCCC2. The number of rotatable bonds is 4. The number of hydrogen-bond donors (Lipinski definition) is 0. The first-order valence-corrected chi connectivity index (χ1v) is 9.03. The second-order valence-corrected chi connectivity index (χ2v) is 6.74. The predicted octanol–water partition coefficient (Wildman–Crippen LogP) is 5.37. The highest BCUT2D eigenvalue weighted by molar-refractivity contribution is 5.77. The lowest BCUT2D eigenvalue weighted by atomic mass is 9.86. The third kappa shape index (κ3) is 3.29. The fourth-order valence-electron chi connectivity index (χ4n) is 3.87. The summed E-state index contributed by atoms with van der Waals surface area (Å²) in [5.41, 5.74) is 0.898. The molecule has 1 aliphatic heterocycles. The van der Waals surface area contributed by atoms with Crippen LogP contribution >= 0.6 is 0 Å². The third-order valence-electron chi connectivity index (χ3n) is 5.16. The molecule has 0 bridgehead atoms. The highest BCUT2D eigenvalue weighted by Gasteiger charge is 2.50. The van der Waals surface area contributed by atoms with Gasteiger partial charge in [-0.1, -0.05) is 69.4 Å². The van der Waals surface area contributed by atoms with Crippen molar-refractivity contribution in [2.75, 3.05) is 6.54 Å². The summed E-state index contributed by atoms with van der Waals surface area (Å²) in [7, 11) is 0.